The lowest BCUT2D eigenvalue weighted by Crippen LogP contribution is -2.66. The van der Waals surface area contributed by atoms with E-state index in [0.29, 0.717) is 6.61 Å². The summed E-state index contributed by atoms with van der Waals surface area (Å²) in [5.74, 6) is 1.01. The smallest absolute Gasteiger partial charge is 0.191 e. The fourth-order valence-corrected chi connectivity index (χ4v) is 5.07. The van der Waals surface area contributed by atoms with Crippen LogP contribution >= 0.6 is 15.9 Å². The van der Waals surface area contributed by atoms with Gasteiger partial charge in [0.15, 0.2) is 5.78 Å². The lowest BCUT2D eigenvalue weighted by atomic mass is 9.83. The second-order valence-corrected chi connectivity index (χ2v) is 8.99. The Hall–Kier alpha value is -0.910. The highest BCUT2D eigenvalue weighted by atomic mass is 79.9. The minimum Gasteiger partial charge on any atom is -0.490 e. The first kappa shape index (κ1) is 18.5. The number of hydrogen-bond donors (Lipinski definition) is 0. The van der Waals surface area contributed by atoms with E-state index in [-0.39, 0.29) is 5.78 Å². The molecule has 4 rings (SSSR count). The Bertz CT molecular complexity index is 681. The Kier molecular flexibility index (Phi) is 5.40. The number of carbonyl (C=O) groups excluding carboxylic acids is 1. The Labute approximate surface area is 165 Å². The zero-order chi connectivity index (χ0) is 18.1. The van der Waals surface area contributed by atoms with Crippen LogP contribution in [0.4, 0.5) is 0 Å². The van der Waals surface area contributed by atoms with E-state index in [4.69, 9.17) is 4.74 Å². The number of likely N-dealkylation sites (tertiary alicyclic amines) is 2. The maximum absolute atomic E-state index is 13.8. The second-order valence-electron chi connectivity index (χ2n) is 8.13. The predicted molar refractivity (Wildman–Crippen MR) is 107 cm³/mol. The molecule has 5 heteroatoms. The molecule has 4 nitrogen and oxygen atoms in total. The van der Waals surface area contributed by atoms with Gasteiger partial charge in [0.1, 0.15) is 17.9 Å². The van der Waals surface area contributed by atoms with Crippen molar-refractivity contribution in [1.82, 2.24) is 9.80 Å². The summed E-state index contributed by atoms with van der Waals surface area (Å²) in [5.41, 5.74) is 1.33. The highest BCUT2D eigenvalue weighted by Crippen LogP contribution is 2.38. The largest absolute Gasteiger partial charge is 0.490 e. The van der Waals surface area contributed by atoms with Gasteiger partial charge < -0.3 is 9.64 Å². The van der Waals surface area contributed by atoms with Crippen LogP contribution in [-0.2, 0) is 0 Å². The van der Waals surface area contributed by atoms with Gasteiger partial charge in [0.2, 0.25) is 0 Å². The van der Waals surface area contributed by atoms with Crippen LogP contribution in [0, 0.1) is 6.92 Å². The van der Waals surface area contributed by atoms with E-state index in [1.807, 2.05) is 19.1 Å². The number of ketones is 1. The number of ether oxygens (including phenoxy) is 1. The van der Waals surface area contributed by atoms with E-state index in [1.54, 1.807) is 0 Å². The Morgan fingerprint density at radius 1 is 1.04 bits per heavy atom. The van der Waals surface area contributed by atoms with Crippen LogP contribution in [0.2, 0.25) is 0 Å². The number of nitrogens with zero attached hydrogens (tertiary/aromatic N) is 2. The summed E-state index contributed by atoms with van der Waals surface area (Å²) >= 11 is 3.60. The van der Waals surface area contributed by atoms with Crippen molar-refractivity contribution in [2.75, 3.05) is 39.3 Å². The van der Waals surface area contributed by atoms with Gasteiger partial charge in [-0.1, -0.05) is 28.8 Å². The van der Waals surface area contributed by atoms with Gasteiger partial charge in [-0.2, -0.15) is 0 Å². The zero-order valence-corrected chi connectivity index (χ0v) is 17.3. The molecule has 3 aliphatic rings. The molecule has 2 fully saturated rings. The molecule has 142 valence electrons. The fourth-order valence-electron chi connectivity index (χ4n) is 4.73. The third-order valence-corrected chi connectivity index (χ3v) is 7.14. The third kappa shape index (κ3) is 3.34. The minimum atomic E-state index is -0.528. The molecule has 0 aromatic heterocycles. The van der Waals surface area contributed by atoms with Crippen LogP contribution in [0.3, 0.4) is 0 Å². The number of hydrogen-bond acceptors (Lipinski definition) is 4. The SMILES string of the molecule is Cc1cc2c(cc1Br)C(=O)[C@@](CN1CCCCC1)(N1CCCCC1)CO2. The number of fused-ring (bicyclic) bond motifs is 1. The summed E-state index contributed by atoms with van der Waals surface area (Å²) < 4.78 is 7.22. The van der Waals surface area contributed by atoms with Crippen molar-refractivity contribution in [3.8, 4) is 5.75 Å². The number of aryl methyl sites for hydroxylation is 1. The molecule has 0 amide bonds. The molecule has 1 aromatic rings. The molecule has 26 heavy (non-hydrogen) atoms. The molecule has 1 aromatic carbocycles. The van der Waals surface area contributed by atoms with Gasteiger partial charge in [-0.3, -0.25) is 9.69 Å². The van der Waals surface area contributed by atoms with Crippen molar-refractivity contribution in [3.63, 3.8) is 0 Å². The van der Waals surface area contributed by atoms with Gasteiger partial charge in [-0.25, -0.2) is 0 Å². The summed E-state index contributed by atoms with van der Waals surface area (Å²) in [7, 11) is 0. The molecule has 0 unspecified atom stereocenters. The third-order valence-electron chi connectivity index (χ3n) is 6.29. The molecule has 0 aliphatic carbocycles. The Balaban J connectivity index is 1.70. The first-order chi connectivity index (χ1) is 12.6. The summed E-state index contributed by atoms with van der Waals surface area (Å²) in [6, 6.07) is 3.97. The van der Waals surface area contributed by atoms with E-state index in [1.165, 1.54) is 38.5 Å². The maximum atomic E-state index is 13.8. The average Bonchev–Trinajstić information content (AvgIpc) is 2.67. The average molecular weight is 421 g/mol. The molecule has 0 bridgehead atoms. The number of Topliss-reactive ketones (excluding diaryl/α,β-unsaturated/α-hetero) is 1. The van der Waals surface area contributed by atoms with Crippen LogP contribution in [0.15, 0.2) is 16.6 Å². The van der Waals surface area contributed by atoms with Crippen LogP contribution in [-0.4, -0.2) is 60.5 Å². The quantitative estimate of drug-likeness (QED) is 0.738. The normalized spacial score (nSPS) is 27.8. The highest BCUT2D eigenvalue weighted by Gasteiger charge is 2.50. The molecular weight excluding hydrogens is 392 g/mol. The van der Waals surface area contributed by atoms with E-state index in [9.17, 15) is 4.79 Å². The molecule has 0 spiro atoms. The van der Waals surface area contributed by atoms with Gasteiger partial charge in [0, 0.05) is 11.0 Å². The molecular formula is C21H29BrN2O2. The van der Waals surface area contributed by atoms with Gasteiger partial charge in [-0.05, 0) is 76.5 Å². The highest BCUT2D eigenvalue weighted by molar-refractivity contribution is 9.10. The zero-order valence-electron chi connectivity index (χ0n) is 15.7. The molecule has 1 atom stereocenters. The molecule has 2 saturated heterocycles. The van der Waals surface area contributed by atoms with Gasteiger partial charge in [0.05, 0.1) is 5.56 Å². The number of benzene rings is 1. The second kappa shape index (κ2) is 7.61. The fraction of sp³-hybridized carbons (Fsp3) is 0.667. The number of halogens is 1. The summed E-state index contributed by atoms with van der Waals surface area (Å²) in [6.07, 6.45) is 7.43. The number of rotatable bonds is 3. The molecule has 0 saturated carbocycles. The van der Waals surface area contributed by atoms with Crippen molar-refractivity contribution in [2.45, 2.75) is 51.0 Å². The van der Waals surface area contributed by atoms with E-state index < -0.39 is 5.54 Å². The number of piperidine rings is 2. The van der Waals surface area contributed by atoms with Crippen molar-refractivity contribution in [2.24, 2.45) is 0 Å². The van der Waals surface area contributed by atoms with E-state index >= 15 is 0 Å². The van der Waals surface area contributed by atoms with Crippen LogP contribution in [0.25, 0.3) is 0 Å². The lowest BCUT2D eigenvalue weighted by Gasteiger charge is -2.49. The monoisotopic (exact) mass is 420 g/mol. The number of carbonyl (C=O) groups is 1. The Morgan fingerprint density at radius 3 is 2.38 bits per heavy atom. The first-order valence-corrected chi connectivity index (χ1v) is 10.8. The first-order valence-electron chi connectivity index (χ1n) is 10.1. The van der Waals surface area contributed by atoms with E-state index in [0.717, 1.165) is 54.1 Å². The topological polar surface area (TPSA) is 32.8 Å². The van der Waals surface area contributed by atoms with Crippen LogP contribution in [0.5, 0.6) is 5.75 Å². The van der Waals surface area contributed by atoms with Gasteiger partial charge in [0.25, 0.3) is 0 Å². The molecule has 0 N–H and O–H groups in total. The summed E-state index contributed by atoms with van der Waals surface area (Å²) in [6.45, 7) is 7.54. The van der Waals surface area contributed by atoms with E-state index in [2.05, 4.69) is 25.7 Å². The van der Waals surface area contributed by atoms with Gasteiger partial charge >= 0.3 is 0 Å². The summed E-state index contributed by atoms with van der Waals surface area (Å²) in [4.78, 5) is 18.7. The maximum Gasteiger partial charge on any atom is 0.191 e. The van der Waals surface area contributed by atoms with Gasteiger partial charge in [-0.15, -0.1) is 0 Å². The van der Waals surface area contributed by atoms with Crippen LogP contribution < -0.4 is 4.74 Å². The summed E-state index contributed by atoms with van der Waals surface area (Å²) in [5, 5.41) is 0. The van der Waals surface area contributed by atoms with Crippen molar-refractivity contribution < 1.29 is 9.53 Å². The molecule has 0 radical (unpaired) electrons. The standard InChI is InChI=1S/C21H29BrN2O2/c1-16-12-19-17(13-18(16)22)20(25)21(15-26-19,24-10-6-3-7-11-24)14-23-8-4-2-5-9-23/h12-13H,2-11,14-15H2,1H3/t21-/m0/s1. The molecule has 3 aliphatic heterocycles. The van der Waals surface area contributed by atoms with Crippen molar-refractivity contribution >= 4 is 21.7 Å². The van der Waals surface area contributed by atoms with Crippen molar-refractivity contribution in [3.05, 3.63) is 27.7 Å². The predicted octanol–water partition coefficient (Wildman–Crippen LogP) is 4.04. The lowest BCUT2D eigenvalue weighted by molar-refractivity contribution is -0.00349. The Morgan fingerprint density at radius 2 is 1.69 bits per heavy atom. The van der Waals surface area contributed by atoms with Crippen LogP contribution in [0.1, 0.15) is 54.4 Å². The van der Waals surface area contributed by atoms with Crippen molar-refractivity contribution in [1.29, 1.82) is 0 Å². The minimum absolute atomic E-state index is 0.256. The molecule has 3 heterocycles.